The first-order valence-corrected chi connectivity index (χ1v) is 11.7. The summed E-state index contributed by atoms with van der Waals surface area (Å²) in [6, 6.07) is 4.81. The standard InChI is InChI=1S/C19H20F3IN2O5S/c1-30-15-5-13(21)17(22)18(25-14-3-2-9(23)4-12(14)20)16(15)11-7-19(11,31(24,28)29)6-10(27)8-26/h2-5,10-11,25-27H,6-8H2,1H3,(H2,24,28,29)/t10?,11?,19-/m1/s1. The average Bonchev–Trinajstić information content (AvgIpc) is 3.41. The second kappa shape index (κ2) is 8.73. The third-order valence-corrected chi connectivity index (χ3v) is 7.79. The summed E-state index contributed by atoms with van der Waals surface area (Å²) >= 11 is 1.89. The molecule has 0 spiro atoms. The largest absolute Gasteiger partial charge is 0.496 e. The van der Waals surface area contributed by atoms with Gasteiger partial charge in [0.25, 0.3) is 0 Å². The molecule has 0 aliphatic heterocycles. The van der Waals surface area contributed by atoms with Crippen LogP contribution in [0.5, 0.6) is 5.75 Å². The molecule has 2 aromatic carbocycles. The summed E-state index contributed by atoms with van der Waals surface area (Å²) in [5.41, 5.74) is -0.713. The predicted molar refractivity (Wildman–Crippen MR) is 116 cm³/mol. The zero-order valence-corrected chi connectivity index (χ0v) is 19.2. The van der Waals surface area contributed by atoms with Crippen LogP contribution in [-0.4, -0.2) is 43.2 Å². The fourth-order valence-corrected chi connectivity index (χ4v) is 5.54. The van der Waals surface area contributed by atoms with E-state index in [1.54, 1.807) is 6.07 Å². The summed E-state index contributed by atoms with van der Waals surface area (Å²) in [7, 11) is -3.10. The Morgan fingerprint density at radius 2 is 2.00 bits per heavy atom. The summed E-state index contributed by atoms with van der Waals surface area (Å²) in [6.45, 7) is -0.710. The molecular weight excluding hydrogens is 552 g/mol. The second-order valence-electron chi connectivity index (χ2n) is 7.32. The fourth-order valence-electron chi connectivity index (χ4n) is 3.75. The first-order valence-electron chi connectivity index (χ1n) is 9.04. The number of aliphatic hydroxyl groups is 2. The Balaban J connectivity index is 2.17. The molecule has 3 atom stereocenters. The number of hydrogen-bond acceptors (Lipinski definition) is 6. The Morgan fingerprint density at radius 3 is 2.55 bits per heavy atom. The zero-order valence-electron chi connectivity index (χ0n) is 16.2. The number of nitrogens with one attached hydrogen (secondary N) is 1. The van der Waals surface area contributed by atoms with Crippen LogP contribution in [0.2, 0.25) is 0 Å². The molecule has 0 heterocycles. The lowest BCUT2D eigenvalue weighted by Crippen LogP contribution is -2.36. The van der Waals surface area contributed by atoms with Crippen LogP contribution in [0.4, 0.5) is 24.5 Å². The molecule has 31 heavy (non-hydrogen) atoms. The number of halogens is 4. The van der Waals surface area contributed by atoms with Gasteiger partial charge < -0.3 is 20.3 Å². The van der Waals surface area contributed by atoms with E-state index in [-0.39, 0.29) is 23.4 Å². The van der Waals surface area contributed by atoms with Gasteiger partial charge in [-0.2, -0.15) is 0 Å². The zero-order chi connectivity index (χ0) is 23.1. The average molecular weight is 572 g/mol. The van der Waals surface area contributed by atoms with Crippen LogP contribution in [0, 0.1) is 21.0 Å². The van der Waals surface area contributed by atoms with Gasteiger partial charge in [-0.05, 0) is 53.6 Å². The van der Waals surface area contributed by atoms with Crippen LogP contribution in [0.25, 0.3) is 0 Å². The summed E-state index contributed by atoms with van der Waals surface area (Å²) in [5.74, 6) is -4.54. The van der Waals surface area contributed by atoms with Gasteiger partial charge in [0.2, 0.25) is 10.0 Å². The van der Waals surface area contributed by atoms with E-state index < -0.39 is 63.0 Å². The Kier molecular flexibility index (Phi) is 6.77. The lowest BCUT2D eigenvalue weighted by atomic mass is 10.0. The van der Waals surface area contributed by atoms with E-state index in [9.17, 15) is 26.7 Å². The highest BCUT2D eigenvalue weighted by Gasteiger charge is 2.65. The van der Waals surface area contributed by atoms with Gasteiger partial charge >= 0.3 is 0 Å². The maximum atomic E-state index is 14.9. The highest BCUT2D eigenvalue weighted by molar-refractivity contribution is 14.1. The molecule has 1 fully saturated rings. The number of rotatable bonds is 8. The Morgan fingerprint density at radius 1 is 1.32 bits per heavy atom. The summed E-state index contributed by atoms with van der Waals surface area (Å²) < 4.78 is 72.2. The first kappa shape index (κ1) is 24.0. The van der Waals surface area contributed by atoms with Crippen molar-refractivity contribution in [3.05, 3.63) is 50.9 Å². The third-order valence-electron chi connectivity index (χ3n) is 5.36. The van der Waals surface area contributed by atoms with E-state index >= 15 is 0 Å². The quantitative estimate of drug-likeness (QED) is 0.361. The van der Waals surface area contributed by atoms with Crippen molar-refractivity contribution in [2.45, 2.75) is 29.6 Å². The molecule has 12 heteroatoms. The molecule has 7 nitrogen and oxygen atoms in total. The molecule has 1 aliphatic carbocycles. The summed E-state index contributed by atoms with van der Waals surface area (Å²) in [6.07, 6.45) is -1.95. The maximum Gasteiger partial charge on any atom is 0.215 e. The molecule has 5 N–H and O–H groups in total. The predicted octanol–water partition coefficient (Wildman–Crippen LogP) is 2.72. The SMILES string of the molecule is COc1cc(F)c(F)c(Nc2ccc(I)cc2F)c1C1C[C@@]1(CC(O)CO)S(N)(=O)=O. The van der Waals surface area contributed by atoms with Gasteiger partial charge in [-0.3, -0.25) is 0 Å². The number of primary sulfonamides is 1. The minimum Gasteiger partial charge on any atom is -0.496 e. The molecule has 2 aromatic rings. The van der Waals surface area contributed by atoms with E-state index in [1.807, 2.05) is 22.6 Å². The maximum absolute atomic E-state index is 14.9. The monoisotopic (exact) mass is 572 g/mol. The van der Waals surface area contributed by atoms with Crippen molar-refractivity contribution < 1.29 is 36.5 Å². The Bertz CT molecular complexity index is 1120. The van der Waals surface area contributed by atoms with Crippen molar-refractivity contribution in [1.82, 2.24) is 0 Å². The van der Waals surface area contributed by atoms with Gasteiger partial charge in [0.05, 0.1) is 35.9 Å². The lowest BCUT2D eigenvalue weighted by molar-refractivity contribution is 0.0853. The van der Waals surface area contributed by atoms with E-state index in [2.05, 4.69) is 5.32 Å². The van der Waals surface area contributed by atoms with E-state index in [4.69, 9.17) is 15.0 Å². The molecule has 3 rings (SSSR count). The molecule has 1 aliphatic rings. The smallest absolute Gasteiger partial charge is 0.215 e. The Labute approximate surface area is 190 Å². The molecule has 0 amide bonds. The lowest BCUT2D eigenvalue weighted by Gasteiger charge is -2.22. The highest BCUT2D eigenvalue weighted by Crippen LogP contribution is 2.62. The van der Waals surface area contributed by atoms with Crippen molar-refractivity contribution in [3.8, 4) is 5.75 Å². The van der Waals surface area contributed by atoms with Gasteiger partial charge in [-0.25, -0.2) is 26.7 Å². The molecule has 0 bridgehead atoms. The minimum absolute atomic E-state index is 0.0569. The number of benzene rings is 2. The molecule has 0 saturated heterocycles. The first-order chi connectivity index (χ1) is 14.4. The fraction of sp³-hybridized carbons (Fsp3) is 0.368. The molecule has 0 radical (unpaired) electrons. The molecular formula is C19H20F3IN2O5S. The number of anilines is 2. The van der Waals surface area contributed by atoms with Gasteiger partial charge in [0, 0.05) is 21.1 Å². The van der Waals surface area contributed by atoms with Crippen LogP contribution >= 0.6 is 22.6 Å². The van der Waals surface area contributed by atoms with Crippen LogP contribution in [0.1, 0.15) is 24.3 Å². The van der Waals surface area contributed by atoms with Crippen molar-refractivity contribution in [3.63, 3.8) is 0 Å². The number of nitrogens with two attached hydrogens (primary N) is 1. The van der Waals surface area contributed by atoms with Crippen LogP contribution in [0.3, 0.4) is 0 Å². The topological polar surface area (TPSA) is 122 Å². The highest BCUT2D eigenvalue weighted by atomic mass is 127. The number of methoxy groups -OCH3 is 1. The molecule has 1 saturated carbocycles. The number of aliphatic hydroxyl groups excluding tert-OH is 2. The molecule has 0 aromatic heterocycles. The van der Waals surface area contributed by atoms with Crippen molar-refractivity contribution in [2.75, 3.05) is 19.0 Å². The number of hydrogen-bond donors (Lipinski definition) is 4. The molecule has 2 unspecified atom stereocenters. The summed E-state index contributed by atoms with van der Waals surface area (Å²) in [4.78, 5) is 0. The summed E-state index contributed by atoms with van der Waals surface area (Å²) in [5, 5.41) is 26.9. The number of sulfonamides is 1. The van der Waals surface area contributed by atoms with E-state index in [0.29, 0.717) is 3.57 Å². The second-order valence-corrected chi connectivity index (χ2v) is 10.5. The Hall–Kier alpha value is -1.61. The normalized spacial score (nSPS) is 21.6. The van der Waals surface area contributed by atoms with Gasteiger partial charge in [-0.15, -0.1) is 0 Å². The van der Waals surface area contributed by atoms with Crippen LogP contribution < -0.4 is 15.2 Å². The van der Waals surface area contributed by atoms with Crippen LogP contribution in [0.15, 0.2) is 24.3 Å². The van der Waals surface area contributed by atoms with Gasteiger partial charge in [-0.1, -0.05) is 0 Å². The van der Waals surface area contributed by atoms with E-state index in [0.717, 1.165) is 6.07 Å². The molecule has 170 valence electrons. The van der Waals surface area contributed by atoms with Gasteiger partial charge in [0.1, 0.15) is 11.6 Å². The van der Waals surface area contributed by atoms with Crippen molar-refractivity contribution >= 4 is 44.0 Å². The van der Waals surface area contributed by atoms with E-state index in [1.165, 1.54) is 19.2 Å². The minimum atomic E-state index is -4.29. The van der Waals surface area contributed by atoms with Crippen LogP contribution in [-0.2, 0) is 10.0 Å². The van der Waals surface area contributed by atoms with Crippen molar-refractivity contribution in [1.29, 1.82) is 0 Å². The third kappa shape index (κ3) is 4.49. The van der Waals surface area contributed by atoms with Crippen molar-refractivity contribution in [2.24, 2.45) is 5.14 Å². The van der Waals surface area contributed by atoms with Gasteiger partial charge in [0.15, 0.2) is 11.6 Å². The number of ether oxygens (including phenoxy) is 1.